The first kappa shape index (κ1) is 43.7. The minimum absolute atomic E-state index is 0.00572. The Morgan fingerprint density at radius 3 is 2.37 bits per heavy atom. The molecule has 52 heavy (non-hydrogen) atoms. The van der Waals surface area contributed by atoms with Crippen LogP contribution in [0.4, 0.5) is 0 Å². The van der Waals surface area contributed by atoms with Crippen molar-refractivity contribution in [1.29, 1.82) is 0 Å². The first-order chi connectivity index (χ1) is 24.5. The first-order valence-corrected chi connectivity index (χ1v) is 20.9. The van der Waals surface area contributed by atoms with E-state index in [0.717, 1.165) is 45.2 Å². The summed E-state index contributed by atoms with van der Waals surface area (Å²) in [5.74, 6) is -1.26. The number of ether oxygens (including phenoxy) is 1. The number of aromatic carboxylic acids is 1. The SMILES string of the molecule is CC/C=C/CN(C(=O)[C@@H](NC(=O)[C@H]1CCCC[N+]1(C)Cc1ccc(SC(C)(C)C)cc1)C(C)CC)[C@H](C[C@@H](OCC)c1nc(C(=O)O)cs1)C(C)C. The number of carbonyl (C=O) groups excluding carboxylic acids is 2. The Morgan fingerprint density at radius 1 is 1.12 bits per heavy atom. The lowest BCUT2D eigenvalue weighted by atomic mass is 9.91. The van der Waals surface area contributed by atoms with Gasteiger partial charge in [-0.1, -0.05) is 86.1 Å². The predicted molar refractivity (Wildman–Crippen MR) is 214 cm³/mol. The standard InChI is InChI=1S/C41H64N4O5S2/c1-11-14-16-23-44(33(28(4)5)25-35(50-13-3)38-42-32(27-51-38)40(48)49)39(47)36(29(6)12-2)43-37(46)34-18-15-17-24-45(34,10)26-30-19-21-31(22-20-30)52-41(7,8)9/h14,16,19-22,27-29,33-36H,11-13,15,17-18,23-26H2,1-10H3,(H-,43,46,48,49)/p+1/b16-14+/t29?,33-,34-,35-,36+,45?/m1/s1. The van der Waals surface area contributed by atoms with Crippen LogP contribution >= 0.6 is 23.1 Å². The lowest BCUT2D eigenvalue weighted by Crippen LogP contribution is -2.63. The maximum atomic E-state index is 14.9. The number of likely N-dealkylation sites (N-methyl/N-ethyl adjacent to an activating group) is 1. The number of carbonyl (C=O) groups is 3. The molecule has 2 aromatic rings. The number of quaternary nitrogens is 1. The first-order valence-electron chi connectivity index (χ1n) is 19.2. The maximum absolute atomic E-state index is 14.9. The number of nitrogens with one attached hydrogen (secondary N) is 1. The highest BCUT2D eigenvalue weighted by Gasteiger charge is 2.43. The van der Waals surface area contributed by atoms with E-state index in [9.17, 15) is 19.5 Å². The molecule has 0 aliphatic carbocycles. The lowest BCUT2D eigenvalue weighted by Gasteiger charge is -2.45. The van der Waals surface area contributed by atoms with Gasteiger partial charge in [0.05, 0.1) is 13.6 Å². The summed E-state index contributed by atoms with van der Waals surface area (Å²) in [5.41, 5.74) is 1.21. The Balaban J connectivity index is 1.92. The van der Waals surface area contributed by atoms with Gasteiger partial charge in [0.1, 0.15) is 23.7 Å². The quantitative estimate of drug-likeness (QED) is 0.0838. The van der Waals surface area contributed by atoms with E-state index in [1.165, 1.54) is 27.2 Å². The van der Waals surface area contributed by atoms with Gasteiger partial charge in [-0.3, -0.25) is 9.59 Å². The Labute approximate surface area is 321 Å². The molecule has 6 atom stereocenters. The molecular weight excluding hydrogens is 693 g/mol. The molecule has 0 bridgehead atoms. The molecule has 1 aromatic carbocycles. The third-order valence-corrected chi connectivity index (χ3v) is 12.2. The number of carboxylic acid groups (broad SMARTS) is 1. The van der Waals surface area contributed by atoms with Crippen LogP contribution in [0.3, 0.4) is 0 Å². The van der Waals surface area contributed by atoms with Gasteiger partial charge in [0.15, 0.2) is 11.7 Å². The van der Waals surface area contributed by atoms with Crippen molar-refractivity contribution in [1.82, 2.24) is 15.2 Å². The van der Waals surface area contributed by atoms with Crippen molar-refractivity contribution < 1.29 is 28.7 Å². The molecule has 0 saturated carbocycles. The van der Waals surface area contributed by atoms with Gasteiger partial charge >= 0.3 is 5.97 Å². The number of carboxylic acids is 1. The molecule has 1 aliphatic heterocycles. The van der Waals surface area contributed by atoms with Crippen LogP contribution in [0.2, 0.25) is 0 Å². The van der Waals surface area contributed by atoms with Crippen LogP contribution in [-0.2, 0) is 20.9 Å². The number of benzene rings is 1. The van der Waals surface area contributed by atoms with E-state index < -0.39 is 18.1 Å². The van der Waals surface area contributed by atoms with Crippen LogP contribution in [0.5, 0.6) is 0 Å². The van der Waals surface area contributed by atoms with Crippen molar-refractivity contribution in [2.75, 3.05) is 26.7 Å². The van der Waals surface area contributed by atoms with Gasteiger partial charge in [0.2, 0.25) is 5.91 Å². The molecule has 2 amide bonds. The molecule has 290 valence electrons. The second-order valence-corrected chi connectivity index (χ2v) is 18.6. The molecule has 2 heterocycles. The number of amides is 2. The van der Waals surface area contributed by atoms with Crippen molar-refractivity contribution in [3.8, 4) is 0 Å². The highest BCUT2D eigenvalue weighted by molar-refractivity contribution is 8.00. The summed E-state index contributed by atoms with van der Waals surface area (Å²) in [6.07, 6.45) is 8.48. The number of aromatic nitrogens is 1. The number of nitrogens with zero attached hydrogens (tertiary/aromatic N) is 3. The van der Waals surface area contributed by atoms with E-state index in [1.807, 2.05) is 36.6 Å². The summed E-state index contributed by atoms with van der Waals surface area (Å²) < 4.78 is 6.90. The van der Waals surface area contributed by atoms with Gasteiger partial charge in [-0.05, 0) is 50.2 Å². The largest absolute Gasteiger partial charge is 0.476 e. The molecule has 2 unspecified atom stereocenters. The molecular formula is C41H65N4O5S2+. The van der Waals surface area contributed by atoms with Gasteiger partial charge < -0.3 is 24.5 Å². The highest BCUT2D eigenvalue weighted by Crippen LogP contribution is 2.34. The fraction of sp³-hybridized carbons (Fsp3) is 0.659. The summed E-state index contributed by atoms with van der Waals surface area (Å²) >= 11 is 3.12. The van der Waals surface area contributed by atoms with Crippen molar-refractivity contribution >= 4 is 40.9 Å². The molecule has 1 saturated heterocycles. The average Bonchev–Trinajstić information content (AvgIpc) is 3.58. The van der Waals surface area contributed by atoms with Crippen LogP contribution in [-0.4, -0.2) is 86.9 Å². The number of hydrogen-bond donors (Lipinski definition) is 2. The van der Waals surface area contributed by atoms with E-state index in [-0.39, 0.29) is 46.2 Å². The molecule has 0 radical (unpaired) electrons. The minimum atomic E-state index is -1.08. The van der Waals surface area contributed by atoms with E-state index in [2.05, 4.69) is 96.2 Å². The Bertz CT molecular complexity index is 1470. The number of allylic oxidation sites excluding steroid dienone is 1. The van der Waals surface area contributed by atoms with Crippen LogP contribution in [0, 0.1) is 11.8 Å². The Kier molecular flexibility index (Phi) is 16.9. The molecule has 1 aliphatic rings. The zero-order valence-electron chi connectivity index (χ0n) is 33.3. The van der Waals surface area contributed by atoms with Gasteiger partial charge in [0, 0.05) is 52.6 Å². The molecule has 2 N–H and O–H groups in total. The summed E-state index contributed by atoms with van der Waals surface area (Å²) in [5, 5.41) is 15.0. The van der Waals surface area contributed by atoms with E-state index >= 15 is 0 Å². The summed E-state index contributed by atoms with van der Waals surface area (Å²) in [6, 6.07) is 7.58. The van der Waals surface area contributed by atoms with Gasteiger partial charge in [0.25, 0.3) is 5.91 Å². The highest BCUT2D eigenvalue weighted by atomic mass is 32.2. The molecule has 1 fully saturated rings. The summed E-state index contributed by atoms with van der Waals surface area (Å²) in [4.78, 5) is 48.5. The Morgan fingerprint density at radius 2 is 1.81 bits per heavy atom. The second kappa shape index (κ2) is 20.1. The normalized spacial score (nSPS) is 20.4. The maximum Gasteiger partial charge on any atom is 0.355 e. The molecule has 9 nitrogen and oxygen atoms in total. The van der Waals surface area contributed by atoms with Gasteiger partial charge in [-0.15, -0.1) is 23.1 Å². The zero-order chi connectivity index (χ0) is 38.6. The predicted octanol–water partition coefficient (Wildman–Crippen LogP) is 8.75. The lowest BCUT2D eigenvalue weighted by molar-refractivity contribution is -0.942. The van der Waals surface area contributed by atoms with Crippen LogP contribution in [0.25, 0.3) is 0 Å². The topological polar surface area (TPSA) is 109 Å². The Hall–Kier alpha value is -2.73. The number of piperidine rings is 1. The minimum Gasteiger partial charge on any atom is -0.476 e. The zero-order valence-corrected chi connectivity index (χ0v) is 34.9. The number of thioether (sulfide) groups is 1. The summed E-state index contributed by atoms with van der Waals surface area (Å²) in [7, 11) is 2.19. The van der Waals surface area contributed by atoms with Crippen LogP contribution in [0.1, 0.15) is 128 Å². The van der Waals surface area contributed by atoms with E-state index in [0.29, 0.717) is 29.1 Å². The number of likely N-dealkylation sites (tertiary alicyclic amines) is 1. The average molecular weight is 758 g/mol. The van der Waals surface area contributed by atoms with Gasteiger partial charge in [-0.25, -0.2) is 9.78 Å². The number of thiazole rings is 1. The monoisotopic (exact) mass is 757 g/mol. The summed E-state index contributed by atoms with van der Waals surface area (Å²) in [6.45, 7) is 21.4. The van der Waals surface area contributed by atoms with Crippen molar-refractivity contribution in [3.05, 3.63) is 58.1 Å². The fourth-order valence-corrected chi connectivity index (χ4v) is 8.96. The van der Waals surface area contributed by atoms with Crippen molar-refractivity contribution in [2.45, 2.75) is 141 Å². The number of hydrogen-bond acceptors (Lipinski definition) is 7. The molecule has 11 heteroatoms. The van der Waals surface area contributed by atoms with Crippen molar-refractivity contribution in [3.63, 3.8) is 0 Å². The van der Waals surface area contributed by atoms with E-state index in [1.54, 1.807) is 0 Å². The third kappa shape index (κ3) is 12.4. The fourth-order valence-electron chi connectivity index (χ4n) is 7.12. The molecule has 3 rings (SSSR count). The molecule has 1 aromatic heterocycles. The smallest absolute Gasteiger partial charge is 0.355 e. The third-order valence-electron chi connectivity index (χ3n) is 10.1. The van der Waals surface area contributed by atoms with Crippen LogP contribution in [0.15, 0.2) is 46.7 Å². The number of rotatable bonds is 19. The second-order valence-electron chi connectivity index (χ2n) is 15.8. The molecule has 0 spiro atoms. The van der Waals surface area contributed by atoms with Gasteiger partial charge in [-0.2, -0.15) is 0 Å². The van der Waals surface area contributed by atoms with Crippen LogP contribution < -0.4 is 5.32 Å². The van der Waals surface area contributed by atoms with E-state index in [4.69, 9.17) is 4.74 Å². The van der Waals surface area contributed by atoms with Crippen molar-refractivity contribution in [2.24, 2.45) is 11.8 Å².